The van der Waals surface area contributed by atoms with E-state index >= 15 is 0 Å². The van der Waals surface area contributed by atoms with Crippen molar-refractivity contribution in [1.82, 2.24) is 14.9 Å². The van der Waals surface area contributed by atoms with Crippen molar-refractivity contribution in [3.8, 4) is 0 Å². The van der Waals surface area contributed by atoms with Gasteiger partial charge >= 0.3 is 0 Å². The van der Waals surface area contributed by atoms with Crippen molar-refractivity contribution in [3.05, 3.63) is 12.0 Å². The molecule has 0 saturated carbocycles. The minimum absolute atomic E-state index is 0.256. The van der Waals surface area contributed by atoms with E-state index in [0.717, 1.165) is 45.8 Å². The number of hydrogen-bond acceptors (Lipinski definition) is 6. The fraction of sp³-hybridized carbons (Fsp3) is 0.692. The lowest BCUT2D eigenvalue weighted by atomic mass is 10.4. The molecule has 0 aromatic carbocycles. The molecule has 0 aliphatic carbocycles. The highest BCUT2D eigenvalue weighted by Crippen LogP contribution is 2.11. The Morgan fingerprint density at radius 2 is 2.10 bits per heavy atom. The molecule has 2 heterocycles. The molecule has 1 aliphatic heterocycles. The summed E-state index contributed by atoms with van der Waals surface area (Å²) in [6, 6.07) is 0. The van der Waals surface area contributed by atoms with Crippen molar-refractivity contribution in [2.75, 3.05) is 56.6 Å². The van der Waals surface area contributed by atoms with Crippen LogP contribution in [-0.2, 0) is 4.74 Å². The number of nitrogens with one attached hydrogen (secondary N) is 2. The first-order valence-electron chi connectivity index (χ1n) is 7.10. The maximum absolute atomic E-state index is 13.6. The van der Waals surface area contributed by atoms with Gasteiger partial charge in [0.05, 0.1) is 19.4 Å². The standard InChI is InChI=1S/C13H22FN5O/c1-2-3-16-13-17-10-11(14)12(18-13)15-4-5-19-6-8-20-9-7-19/h10H,2-9H2,1H3,(H2,15,16,17,18). The van der Waals surface area contributed by atoms with Crippen molar-refractivity contribution >= 4 is 11.8 Å². The van der Waals surface area contributed by atoms with E-state index in [4.69, 9.17) is 4.74 Å². The molecular formula is C13H22FN5O. The van der Waals surface area contributed by atoms with Crippen molar-refractivity contribution in [1.29, 1.82) is 0 Å². The van der Waals surface area contributed by atoms with Gasteiger partial charge in [-0.15, -0.1) is 0 Å². The van der Waals surface area contributed by atoms with Gasteiger partial charge in [-0.05, 0) is 6.42 Å². The molecule has 2 rings (SSSR count). The van der Waals surface area contributed by atoms with E-state index in [1.165, 1.54) is 6.20 Å². The monoisotopic (exact) mass is 283 g/mol. The average molecular weight is 283 g/mol. The van der Waals surface area contributed by atoms with Crippen LogP contribution in [0.1, 0.15) is 13.3 Å². The molecule has 1 aromatic heterocycles. The molecule has 0 unspecified atom stereocenters. The number of rotatable bonds is 7. The molecule has 0 spiro atoms. The maximum atomic E-state index is 13.6. The van der Waals surface area contributed by atoms with E-state index in [-0.39, 0.29) is 5.82 Å². The van der Waals surface area contributed by atoms with Crippen LogP contribution in [0.5, 0.6) is 0 Å². The van der Waals surface area contributed by atoms with E-state index < -0.39 is 5.82 Å². The lowest BCUT2D eigenvalue weighted by molar-refractivity contribution is 0.0398. The highest BCUT2D eigenvalue weighted by Gasteiger charge is 2.11. The number of hydrogen-bond donors (Lipinski definition) is 2. The first-order chi connectivity index (χ1) is 9.79. The average Bonchev–Trinajstić information content (AvgIpc) is 2.49. The number of ether oxygens (including phenoxy) is 1. The van der Waals surface area contributed by atoms with Crippen molar-refractivity contribution in [2.24, 2.45) is 0 Å². The smallest absolute Gasteiger partial charge is 0.224 e. The molecule has 7 heteroatoms. The summed E-state index contributed by atoms with van der Waals surface area (Å²) in [5.74, 6) is 0.294. The summed E-state index contributed by atoms with van der Waals surface area (Å²) in [4.78, 5) is 10.3. The normalized spacial score (nSPS) is 16.1. The van der Waals surface area contributed by atoms with Crippen LogP contribution >= 0.6 is 0 Å². The molecule has 1 saturated heterocycles. The largest absolute Gasteiger partial charge is 0.379 e. The molecule has 1 aromatic rings. The Morgan fingerprint density at radius 1 is 1.30 bits per heavy atom. The Hall–Kier alpha value is -1.47. The van der Waals surface area contributed by atoms with Crippen LogP contribution in [0.4, 0.5) is 16.2 Å². The molecule has 0 radical (unpaired) electrons. The fourth-order valence-electron chi connectivity index (χ4n) is 1.97. The molecular weight excluding hydrogens is 261 g/mol. The van der Waals surface area contributed by atoms with Gasteiger partial charge in [-0.25, -0.2) is 9.37 Å². The van der Waals surface area contributed by atoms with Crippen molar-refractivity contribution in [3.63, 3.8) is 0 Å². The van der Waals surface area contributed by atoms with Gasteiger partial charge in [0.25, 0.3) is 0 Å². The zero-order valence-electron chi connectivity index (χ0n) is 11.9. The van der Waals surface area contributed by atoms with Crippen molar-refractivity contribution in [2.45, 2.75) is 13.3 Å². The van der Waals surface area contributed by atoms with Gasteiger partial charge in [-0.2, -0.15) is 4.98 Å². The van der Waals surface area contributed by atoms with E-state index in [9.17, 15) is 4.39 Å². The molecule has 2 N–H and O–H groups in total. The van der Waals surface area contributed by atoms with Crippen LogP contribution in [-0.4, -0.2) is 60.8 Å². The molecule has 1 fully saturated rings. The Labute approximate surface area is 118 Å². The summed E-state index contributed by atoms with van der Waals surface area (Å²) in [5, 5.41) is 6.07. The minimum atomic E-state index is -0.422. The van der Waals surface area contributed by atoms with Crippen molar-refractivity contribution < 1.29 is 9.13 Å². The third-order valence-corrected chi connectivity index (χ3v) is 3.10. The summed E-state index contributed by atoms with van der Waals surface area (Å²) in [7, 11) is 0. The Balaban J connectivity index is 1.81. The quantitative estimate of drug-likeness (QED) is 0.783. The highest BCUT2D eigenvalue weighted by molar-refractivity contribution is 5.40. The number of anilines is 2. The first-order valence-corrected chi connectivity index (χ1v) is 7.10. The van der Waals surface area contributed by atoms with Crippen LogP contribution in [0.15, 0.2) is 6.20 Å². The maximum Gasteiger partial charge on any atom is 0.224 e. The van der Waals surface area contributed by atoms with E-state index in [0.29, 0.717) is 12.5 Å². The molecule has 0 amide bonds. The SMILES string of the molecule is CCCNc1ncc(F)c(NCCN2CCOCC2)n1. The van der Waals surface area contributed by atoms with Crippen LogP contribution in [0.2, 0.25) is 0 Å². The number of nitrogens with zero attached hydrogens (tertiary/aromatic N) is 3. The van der Waals surface area contributed by atoms with E-state index in [2.05, 4.69) is 32.4 Å². The van der Waals surface area contributed by atoms with Gasteiger partial charge < -0.3 is 15.4 Å². The number of aromatic nitrogens is 2. The number of morpholine rings is 1. The Bertz CT molecular complexity index is 412. The number of halogens is 1. The summed E-state index contributed by atoms with van der Waals surface area (Å²) in [6.07, 6.45) is 2.17. The topological polar surface area (TPSA) is 62.3 Å². The van der Waals surface area contributed by atoms with E-state index in [1.54, 1.807) is 0 Å². The Morgan fingerprint density at radius 3 is 2.85 bits per heavy atom. The molecule has 20 heavy (non-hydrogen) atoms. The zero-order chi connectivity index (χ0) is 14.2. The van der Waals surface area contributed by atoms with Crippen LogP contribution in [0.3, 0.4) is 0 Å². The minimum Gasteiger partial charge on any atom is -0.379 e. The fourth-order valence-corrected chi connectivity index (χ4v) is 1.97. The third-order valence-electron chi connectivity index (χ3n) is 3.10. The second-order valence-electron chi connectivity index (χ2n) is 4.70. The molecule has 0 bridgehead atoms. The Kier molecular flexibility index (Phi) is 5.94. The second kappa shape index (κ2) is 7.96. The molecule has 6 nitrogen and oxygen atoms in total. The summed E-state index contributed by atoms with van der Waals surface area (Å²) >= 11 is 0. The summed E-state index contributed by atoms with van der Waals surface area (Å²) in [5.41, 5.74) is 0. The van der Waals surface area contributed by atoms with Crippen LogP contribution < -0.4 is 10.6 Å². The van der Waals surface area contributed by atoms with E-state index in [1.807, 2.05) is 0 Å². The van der Waals surface area contributed by atoms with Gasteiger partial charge in [0.2, 0.25) is 5.95 Å². The second-order valence-corrected chi connectivity index (χ2v) is 4.70. The zero-order valence-corrected chi connectivity index (χ0v) is 11.9. The highest BCUT2D eigenvalue weighted by atomic mass is 19.1. The van der Waals surface area contributed by atoms with Gasteiger partial charge in [-0.1, -0.05) is 6.92 Å². The lowest BCUT2D eigenvalue weighted by Gasteiger charge is -2.26. The van der Waals surface area contributed by atoms with Gasteiger partial charge in [-0.3, -0.25) is 4.90 Å². The molecule has 0 atom stereocenters. The summed E-state index contributed by atoms with van der Waals surface area (Å²) < 4.78 is 18.9. The lowest BCUT2D eigenvalue weighted by Crippen LogP contribution is -2.39. The van der Waals surface area contributed by atoms with Crippen LogP contribution in [0, 0.1) is 5.82 Å². The molecule has 1 aliphatic rings. The summed E-state index contributed by atoms with van der Waals surface area (Å²) in [6.45, 7) is 7.73. The van der Waals surface area contributed by atoms with Crippen LogP contribution in [0.25, 0.3) is 0 Å². The van der Waals surface area contributed by atoms with Gasteiger partial charge in [0, 0.05) is 32.7 Å². The molecule has 112 valence electrons. The predicted molar refractivity (Wildman–Crippen MR) is 76.5 cm³/mol. The first kappa shape index (κ1) is 14.9. The predicted octanol–water partition coefficient (Wildman–Crippen LogP) is 1.18. The third kappa shape index (κ3) is 4.57. The van der Waals surface area contributed by atoms with Gasteiger partial charge in [0.1, 0.15) is 0 Å². The van der Waals surface area contributed by atoms with Gasteiger partial charge in [0.15, 0.2) is 11.6 Å².